The number of nitrogens with one attached hydrogen (secondary N) is 8. The van der Waals surface area contributed by atoms with E-state index in [0.717, 1.165) is 36.2 Å². The summed E-state index contributed by atoms with van der Waals surface area (Å²) in [7, 11) is 0. The zero-order valence-corrected chi connectivity index (χ0v) is 49.9. The normalized spacial score (nSPS) is 17.8. The number of fused-ring (bicyclic) bond motifs is 2. The van der Waals surface area contributed by atoms with Crippen molar-refractivity contribution in [2.24, 2.45) is 17.6 Å². The number of hydrogen-bond acceptors (Lipinski definition) is 21. The van der Waals surface area contributed by atoms with Gasteiger partial charge in [0.05, 0.1) is 64.1 Å². The number of carbonyl (C=O) groups is 9. The summed E-state index contributed by atoms with van der Waals surface area (Å²) in [6.07, 6.45) is 6.02. The minimum atomic E-state index is -2.65. The predicted molar refractivity (Wildman–Crippen MR) is 314 cm³/mol. The van der Waals surface area contributed by atoms with Crippen LogP contribution in [0.1, 0.15) is 87.6 Å². The molecule has 9 amide bonds. The van der Waals surface area contributed by atoms with Crippen molar-refractivity contribution in [3.63, 3.8) is 0 Å². The Balaban J connectivity index is 0.749. The second-order valence-electron chi connectivity index (χ2n) is 21.1. The van der Waals surface area contributed by atoms with E-state index in [-0.39, 0.29) is 116 Å². The molecule has 2 aromatic carbocycles. The summed E-state index contributed by atoms with van der Waals surface area (Å²) in [5.41, 5.74) is 9.41. The Hall–Kier alpha value is -8.66. The first-order valence-corrected chi connectivity index (χ1v) is 30.0. The maximum absolute atomic E-state index is 13.6. The molecule has 1 fully saturated rings. The molecule has 32 heteroatoms. The van der Waals surface area contributed by atoms with Gasteiger partial charge in [-0.2, -0.15) is 0 Å². The molecule has 7 atom stereocenters. The smallest absolute Gasteiger partial charge is 0.407 e. The molecule has 0 saturated heterocycles. The van der Waals surface area contributed by atoms with Crippen LogP contribution in [0.25, 0.3) is 11.0 Å². The first-order chi connectivity index (χ1) is 42.9. The van der Waals surface area contributed by atoms with Gasteiger partial charge in [0.2, 0.25) is 17.7 Å². The second-order valence-corrected chi connectivity index (χ2v) is 21.7. The van der Waals surface area contributed by atoms with Crippen LogP contribution in [0.15, 0.2) is 79.3 Å². The van der Waals surface area contributed by atoms with Gasteiger partial charge < -0.3 is 80.6 Å². The summed E-state index contributed by atoms with van der Waals surface area (Å²) in [4.78, 5) is 133. The fourth-order valence-electron chi connectivity index (χ4n) is 9.99. The van der Waals surface area contributed by atoms with Crippen molar-refractivity contribution in [2.75, 3.05) is 76.5 Å². The lowest BCUT2D eigenvalue weighted by atomic mass is 10.0. The third-order valence-electron chi connectivity index (χ3n) is 14.4. The van der Waals surface area contributed by atoms with Gasteiger partial charge in [-0.05, 0) is 72.9 Å². The summed E-state index contributed by atoms with van der Waals surface area (Å²) in [6, 6.07) is 13.7. The number of primary amides is 1. The Morgan fingerprint density at radius 3 is 2.22 bits per heavy atom. The van der Waals surface area contributed by atoms with Crippen molar-refractivity contribution in [1.82, 2.24) is 51.1 Å². The highest BCUT2D eigenvalue weighted by Crippen LogP contribution is 2.40. The van der Waals surface area contributed by atoms with Crippen molar-refractivity contribution >= 4 is 87.5 Å². The number of alkyl carbamates (subject to hydrolysis) is 2. The maximum atomic E-state index is 13.6. The number of aryl methyl sites for hydroxylation is 1. The number of hydrogen-bond donors (Lipinski definition) is 9. The molecule has 1 aliphatic heterocycles. The first-order valence-electron chi connectivity index (χ1n) is 28.9. The molecule has 3 heterocycles. The van der Waals surface area contributed by atoms with Crippen molar-refractivity contribution in [3.05, 3.63) is 96.0 Å². The van der Waals surface area contributed by atoms with Crippen molar-refractivity contribution in [2.45, 2.75) is 102 Å². The fraction of sp³-hybridized carbons (Fsp3) is 0.491. The summed E-state index contributed by atoms with van der Waals surface area (Å²) >= 11 is -2.65. The van der Waals surface area contributed by atoms with E-state index in [1.807, 2.05) is 33.8 Å². The number of ether oxygens (including phenoxy) is 5. The van der Waals surface area contributed by atoms with Crippen LogP contribution in [-0.4, -0.2) is 166 Å². The molecule has 2 aliphatic carbocycles. The zero-order valence-electron chi connectivity index (χ0n) is 49.1. The molecular formula is C57H74N13O18S-. The van der Waals surface area contributed by atoms with E-state index in [4.69, 9.17) is 39.1 Å². The first kappa shape index (κ1) is 67.8. The van der Waals surface area contributed by atoms with Crippen LogP contribution in [-0.2, 0) is 86.4 Å². The largest absolute Gasteiger partial charge is 0.758 e. The van der Waals surface area contributed by atoms with Gasteiger partial charge in [-0.1, -0.05) is 55.3 Å². The molecule has 7 rings (SSSR count). The summed E-state index contributed by atoms with van der Waals surface area (Å²) < 4.78 is 51.9. The monoisotopic (exact) mass is 1260 g/mol. The Labute approximate surface area is 514 Å². The maximum Gasteiger partial charge on any atom is 0.407 e. The van der Waals surface area contributed by atoms with E-state index in [0.29, 0.717) is 34.8 Å². The third-order valence-corrected chi connectivity index (χ3v) is 14.6. The van der Waals surface area contributed by atoms with E-state index in [1.54, 1.807) is 38.1 Å². The second kappa shape index (κ2) is 34.8. The minimum absolute atomic E-state index is 0.0398. The molecule has 4 aromatic rings. The number of benzene rings is 2. The summed E-state index contributed by atoms with van der Waals surface area (Å²) in [5.74, 6) is -4.37. The number of nitrogens with zero attached hydrogens (tertiary/aromatic N) is 4. The number of anilines is 2. The van der Waals surface area contributed by atoms with Crippen molar-refractivity contribution < 1.29 is 85.3 Å². The molecule has 0 spiro atoms. The molecule has 2 unspecified atom stereocenters. The summed E-state index contributed by atoms with van der Waals surface area (Å²) in [5, 5.41) is 20.5. The molecule has 2 aromatic heterocycles. The molecular weight excluding hydrogens is 1190 g/mol. The molecule has 1 saturated carbocycles. The highest BCUT2D eigenvalue weighted by atomic mass is 32.2. The molecule has 3 aliphatic rings. The molecule has 31 nitrogen and oxygen atoms in total. The molecule has 10 N–H and O–H groups in total. The fourth-order valence-corrected chi connectivity index (χ4v) is 10.2. The van der Waals surface area contributed by atoms with Crippen LogP contribution in [0.3, 0.4) is 0 Å². The number of amides is 9. The number of hydroxylamine groups is 2. The average Bonchev–Trinajstić information content (AvgIpc) is 1.90. The van der Waals surface area contributed by atoms with Crippen molar-refractivity contribution in [1.29, 1.82) is 0 Å². The van der Waals surface area contributed by atoms with Gasteiger partial charge in [0.1, 0.15) is 42.6 Å². The predicted octanol–water partition coefficient (Wildman–Crippen LogP) is 2.04. The lowest BCUT2D eigenvalue weighted by molar-refractivity contribution is -0.196. The number of carbonyl (C=O) groups excluding carboxylic acids is 9. The van der Waals surface area contributed by atoms with Gasteiger partial charge in [-0.25, -0.2) is 29.1 Å². The Bertz CT molecular complexity index is 3130. The quantitative estimate of drug-likeness (QED) is 0.0136. The van der Waals surface area contributed by atoms with Gasteiger partial charge in [0.25, 0.3) is 11.8 Å². The number of aromatic nitrogens is 3. The van der Waals surface area contributed by atoms with Crippen LogP contribution < -0.4 is 47.8 Å². The van der Waals surface area contributed by atoms with Crippen LogP contribution in [0, 0.1) is 11.8 Å². The lowest BCUT2D eigenvalue weighted by Gasteiger charge is -2.25. The Morgan fingerprint density at radius 1 is 0.798 bits per heavy atom. The third kappa shape index (κ3) is 21.6. The van der Waals surface area contributed by atoms with Gasteiger partial charge in [-0.3, -0.25) is 33.0 Å². The SMILES string of the molecule is CC(C)C(NC(=O)CCOCCC(=O)ON1C(=O)C=CC1=O)C(=O)N[C@H](CCCNC(N)=O)C(=O)Nc1ccc(COC(=O)NCCOCCOCCNC(=O)O[C@H]2C[C@H](n3ccc4c(N[C@H]5CCc6ccccc65)ncnc43)C[C@H]2CONS(=O)[O-])cc1. The van der Waals surface area contributed by atoms with Crippen LogP contribution >= 0.6 is 0 Å². The number of rotatable bonds is 36. The number of nitrogens with two attached hydrogens (primary N) is 1. The Morgan fingerprint density at radius 2 is 1.51 bits per heavy atom. The number of urea groups is 1. The van der Waals surface area contributed by atoms with E-state index in [9.17, 15) is 51.9 Å². The van der Waals surface area contributed by atoms with Crippen molar-refractivity contribution in [3.8, 4) is 0 Å². The van der Waals surface area contributed by atoms with Gasteiger partial charge >= 0.3 is 24.2 Å². The van der Waals surface area contributed by atoms with Gasteiger partial charge in [0, 0.05) is 79.7 Å². The topological polar surface area (TPSA) is 415 Å². The standard InChI is InChI=1S/C57H75N13O18S/c1-35(2)50(67-46(71)18-24-82-25-19-49(74)88-70-47(72)15-16-48(70)73)54(76)66-44(8-5-20-59-55(58)77)53(75)64-39-12-9-36(10-13-39)32-85-56(78)60-21-26-83-28-29-84-27-22-61-57(79)87-45-31-40(30-38(45)33-86-68-89(80)81)69-23-17-42-51(62-34-63-52(42)69)65-43-14-11-37-6-3-4-7-41(37)43/h3-4,6-7,9-10,12-13,15-17,23,34-35,38,40,43-45,50,68H,5,8,11,14,18-22,24-33H2,1-2H3,(H,60,78)(H,61,79)(H,64,75)(H,66,76)(H,67,71)(H,80,81)(H3,58,59,77)(H,62,63,65)/p-1/t38-,40+,43-,44+,45-,50?/m0/s1. The molecule has 0 bridgehead atoms. The molecule has 0 radical (unpaired) electrons. The van der Waals surface area contributed by atoms with E-state index in [2.05, 4.69) is 59.3 Å². The Kier molecular flexibility index (Phi) is 26.5. The highest BCUT2D eigenvalue weighted by Gasteiger charge is 2.39. The van der Waals surface area contributed by atoms with E-state index < -0.39 is 89.1 Å². The van der Waals surface area contributed by atoms with Gasteiger partial charge in [0.15, 0.2) is 0 Å². The lowest BCUT2D eigenvalue weighted by Crippen LogP contribution is -2.54. The number of imide groups is 1. The summed E-state index contributed by atoms with van der Waals surface area (Å²) in [6.45, 7) is 3.96. The molecule has 89 heavy (non-hydrogen) atoms. The van der Waals surface area contributed by atoms with E-state index >= 15 is 0 Å². The van der Waals surface area contributed by atoms with Crippen LogP contribution in [0.4, 0.5) is 25.9 Å². The molecule has 482 valence electrons. The van der Waals surface area contributed by atoms with Gasteiger partial charge in [-0.15, -0.1) is 4.89 Å². The minimum Gasteiger partial charge on any atom is -0.758 e. The van der Waals surface area contributed by atoms with Crippen LogP contribution in [0.5, 0.6) is 0 Å². The zero-order chi connectivity index (χ0) is 63.7. The average molecular weight is 1260 g/mol. The van der Waals surface area contributed by atoms with Crippen LogP contribution in [0.2, 0.25) is 0 Å². The van der Waals surface area contributed by atoms with E-state index in [1.165, 1.54) is 17.5 Å². The highest BCUT2D eigenvalue weighted by molar-refractivity contribution is 7.76.